The number of benzene rings is 2. The van der Waals surface area contributed by atoms with Gasteiger partial charge < -0.3 is 9.80 Å². The van der Waals surface area contributed by atoms with E-state index in [1.54, 1.807) is 47.6 Å². The van der Waals surface area contributed by atoms with Crippen LogP contribution in [-0.4, -0.2) is 55.4 Å². The summed E-state index contributed by atoms with van der Waals surface area (Å²) >= 11 is 0. The molecule has 0 aliphatic carbocycles. The van der Waals surface area contributed by atoms with Crippen LogP contribution in [0.5, 0.6) is 0 Å². The van der Waals surface area contributed by atoms with Crippen LogP contribution in [0.4, 0.5) is 11.6 Å². The summed E-state index contributed by atoms with van der Waals surface area (Å²) in [5.74, 6) is 0.578. The number of piperazine rings is 1. The Morgan fingerprint density at radius 2 is 1.53 bits per heavy atom. The maximum absolute atomic E-state index is 12.8. The normalized spacial score (nSPS) is 14.5. The summed E-state index contributed by atoms with van der Waals surface area (Å²) in [5.41, 5.74) is 1.69. The third-order valence-electron chi connectivity index (χ3n) is 5.03. The Labute approximate surface area is 187 Å². The van der Waals surface area contributed by atoms with Crippen LogP contribution in [0.3, 0.4) is 0 Å². The molecule has 0 unspecified atom stereocenters. The van der Waals surface area contributed by atoms with Crippen LogP contribution in [0.25, 0.3) is 6.08 Å². The molecule has 0 atom stereocenters. The molecule has 0 spiro atoms. The summed E-state index contributed by atoms with van der Waals surface area (Å²) in [5, 5.41) is 1.12. The van der Waals surface area contributed by atoms with E-state index >= 15 is 0 Å². The molecule has 1 saturated heterocycles. The number of nitrogens with one attached hydrogen (secondary N) is 1. The lowest BCUT2D eigenvalue weighted by Crippen LogP contribution is -2.49. The number of nitrogens with zero attached hydrogens (tertiary/aromatic N) is 4. The third kappa shape index (κ3) is 5.50. The standard InChI is InChI=1S/C23H23N5O3S/c29-22(27-14-16-28(17-15-27)23-24-12-4-13-25-23)20-7-9-21(10-8-20)26-32(30,31)18-11-19-5-2-1-3-6-19/h1-13,18,26H,14-17H2. The Bertz CT molecular complexity index is 1180. The van der Waals surface area contributed by atoms with E-state index in [2.05, 4.69) is 14.7 Å². The molecule has 2 heterocycles. The van der Waals surface area contributed by atoms with Crippen molar-refractivity contribution >= 4 is 33.6 Å². The molecule has 164 valence electrons. The van der Waals surface area contributed by atoms with Crippen molar-refractivity contribution < 1.29 is 13.2 Å². The minimum atomic E-state index is -3.66. The fourth-order valence-corrected chi connectivity index (χ4v) is 4.23. The minimum Gasteiger partial charge on any atom is -0.337 e. The number of hydrogen-bond donors (Lipinski definition) is 1. The van der Waals surface area contributed by atoms with Gasteiger partial charge in [0.25, 0.3) is 15.9 Å². The van der Waals surface area contributed by atoms with Crippen molar-refractivity contribution in [1.82, 2.24) is 14.9 Å². The zero-order chi connectivity index (χ0) is 22.4. The molecule has 0 saturated carbocycles. The average molecular weight is 450 g/mol. The van der Waals surface area contributed by atoms with Crippen LogP contribution in [0.2, 0.25) is 0 Å². The molecule has 32 heavy (non-hydrogen) atoms. The van der Waals surface area contributed by atoms with Crippen molar-refractivity contribution in [3.63, 3.8) is 0 Å². The van der Waals surface area contributed by atoms with Crippen LogP contribution in [-0.2, 0) is 10.0 Å². The minimum absolute atomic E-state index is 0.0861. The predicted octanol–water partition coefficient (Wildman–Crippen LogP) is 2.85. The molecule has 9 heteroatoms. The van der Waals surface area contributed by atoms with Gasteiger partial charge in [0.05, 0.1) is 5.41 Å². The van der Waals surface area contributed by atoms with Gasteiger partial charge in [-0.15, -0.1) is 0 Å². The number of sulfonamides is 1. The zero-order valence-corrected chi connectivity index (χ0v) is 18.1. The number of aromatic nitrogens is 2. The maximum atomic E-state index is 12.8. The lowest BCUT2D eigenvalue weighted by Gasteiger charge is -2.34. The molecule has 1 N–H and O–H groups in total. The summed E-state index contributed by atoms with van der Waals surface area (Å²) in [4.78, 5) is 25.2. The van der Waals surface area contributed by atoms with Crippen molar-refractivity contribution in [3.8, 4) is 0 Å². The highest BCUT2D eigenvalue weighted by Gasteiger charge is 2.23. The molecule has 3 aromatic rings. The summed E-state index contributed by atoms with van der Waals surface area (Å²) in [6, 6.07) is 17.4. The van der Waals surface area contributed by atoms with Crippen LogP contribution < -0.4 is 9.62 Å². The fraction of sp³-hybridized carbons (Fsp3) is 0.174. The summed E-state index contributed by atoms with van der Waals surface area (Å²) < 4.78 is 27.1. The molecule has 1 amide bonds. The van der Waals surface area contributed by atoms with Gasteiger partial charge >= 0.3 is 0 Å². The summed E-state index contributed by atoms with van der Waals surface area (Å²) in [6.07, 6.45) is 4.93. The van der Waals surface area contributed by atoms with Gasteiger partial charge in [-0.25, -0.2) is 18.4 Å². The lowest BCUT2D eigenvalue weighted by molar-refractivity contribution is 0.0746. The lowest BCUT2D eigenvalue weighted by atomic mass is 10.1. The molecule has 1 aliphatic rings. The largest absolute Gasteiger partial charge is 0.337 e. The highest BCUT2D eigenvalue weighted by molar-refractivity contribution is 7.95. The first-order valence-corrected chi connectivity index (χ1v) is 11.7. The summed E-state index contributed by atoms with van der Waals surface area (Å²) in [7, 11) is -3.66. The Morgan fingerprint density at radius 3 is 2.19 bits per heavy atom. The molecule has 0 bridgehead atoms. The number of amides is 1. The third-order valence-corrected chi connectivity index (χ3v) is 6.05. The first-order chi connectivity index (χ1) is 15.5. The second-order valence-electron chi connectivity index (χ2n) is 7.27. The number of hydrogen-bond acceptors (Lipinski definition) is 6. The molecule has 1 aliphatic heterocycles. The maximum Gasteiger partial charge on any atom is 0.255 e. The van der Waals surface area contributed by atoms with Gasteiger partial charge in [-0.2, -0.15) is 0 Å². The van der Waals surface area contributed by atoms with Gasteiger partial charge in [-0.1, -0.05) is 30.3 Å². The Morgan fingerprint density at radius 1 is 0.875 bits per heavy atom. The van der Waals surface area contributed by atoms with Crippen molar-refractivity contribution in [3.05, 3.63) is 89.6 Å². The first-order valence-electron chi connectivity index (χ1n) is 10.2. The molecule has 1 aromatic heterocycles. The SMILES string of the molecule is O=C(c1ccc(NS(=O)(=O)C=Cc2ccccc2)cc1)N1CCN(c2ncccn2)CC1. The first kappa shape index (κ1) is 21.5. The van der Waals surface area contributed by atoms with Crippen LogP contribution in [0.15, 0.2) is 78.5 Å². The van der Waals surface area contributed by atoms with E-state index in [9.17, 15) is 13.2 Å². The Hall–Kier alpha value is -3.72. The van der Waals surface area contributed by atoms with Crippen molar-refractivity contribution in [2.45, 2.75) is 0 Å². The van der Waals surface area contributed by atoms with E-state index in [0.717, 1.165) is 11.0 Å². The smallest absolute Gasteiger partial charge is 0.255 e. The number of carbonyl (C=O) groups is 1. The van der Waals surface area contributed by atoms with Crippen molar-refractivity contribution in [1.29, 1.82) is 0 Å². The highest BCUT2D eigenvalue weighted by Crippen LogP contribution is 2.16. The predicted molar refractivity (Wildman–Crippen MR) is 125 cm³/mol. The molecular formula is C23H23N5O3S. The van der Waals surface area contributed by atoms with E-state index in [1.807, 2.05) is 35.2 Å². The van der Waals surface area contributed by atoms with Crippen molar-refractivity contribution in [2.24, 2.45) is 0 Å². The van der Waals surface area contributed by atoms with Crippen molar-refractivity contribution in [2.75, 3.05) is 35.8 Å². The number of carbonyl (C=O) groups excluding carboxylic acids is 1. The van der Waals surface area contributed by atoms with E-state index < -0.39 is 10.0 Å². The molecule has 0 radical (unpaired) electrons. The molecule has 8 nitrogen and oxygen atoms in total. The average Bonchev–Trinajstić information content (AvgIpc) is 2.84. The number of anilines is 2. The zero-order valence-electron chi connectivity index (χ0n) is 17.3. The van der Waals surface area contributed by atoms with E-state index in [0.29, 0.717) is 43.4 Å². The highest BCUT2D eigenvalue weighted by atomic mass is 32.2. The second-order valence-corrected chi connectivity index (χ2v) is 8.83. The fourth-order valence-electron chi connectivity index (χ4n) is 3.36. The van der Waals surface area contributed by atoms with Gasteiger partial charge in [0.15, 0.2) is 0 Å². The molecule has 4 rings (SSSR count). The number of rotatable bonds is 6. The molecule has 2 aromatic carbocycles. The Kier molecular flexibility index (Phi) is 6.46. The van der Waals surface area contributed by atoms with Gasteiger partial charge in [0.1, 0.15) is 0 Å². The van der Waals surface area contributed by atoms with Crippen LogP contribution in [0.1, 0.15) is 15.9 Å². The van der Waals surface area contributed by atoms with E-state index in [4.69, 9.17) is 0 Å². The monoisotopic (exact) mass is 449 g/mol. The quantitative estimate of drug-likeness (QED) is 0.622. The van der Waals surface area contributed by atoms with Crippen LogP contribution in [0, 0.1) is 0 Å². The van der Waals surface area contributed by atoms with Crippen LogP contribution >= 0.6 is 0 Å². The molecule has 1 fully saturated rings. The summed E-state index contributed by atoms with van der Waals surface area (Å²) in [6.45, 7) is 2.44. The molecular weight excluding hydrogens is 426 g/mol. The topological polar surface area (TPSA) is 95.5 Å². The second kappa shape index (κ2) is 9.61. The Balaban J connectivity index is 1.34. The van der Waals surface area contributed by atoms with Gasteiger partial charge in [-0.05, 0) is 42.0 Å². The van der Waals surface area contributed by atoms with E-state index in [1.165, 1.54) is 6.08 Å². The van der Waals surface area contributed by atoms with E-state index in [-0.39, 0.29) is 5.91 Å². The van der Waals surface area contributed by atoms with Gasteiger partial charge in [0.2, 0.25) is 5.95 Å². The van der Waals surface area contributed by atoms with Gasteiger partial charge in [-0.3, -0.25) is 9.52 Å². The van der Waals surface area contributed by atoms with Gasteiger partial charge in [0, 0.05) is 49.8 Å².